The molecule has 77 heavy (non-hydrogen) atoms. The number of aliphatic hydroxyl groups excluding tert-OH is 3. The number of aromatic nitrogens is 2. The van der Waals surface area contributed by atoms with Gasteiger partial charge in [-0.3, -0.25) is 23.9 Å². The number of nitrogens with one attached hydrogen (secondary N) is 3. The number of rotatable bonds is 15. The molecule has 21 atom stereocenters. The van der Waals surface area contributed by atoms with Gasteiger partial charge in [0.05, 0.1) is 60.2 Å². The van der Waals surface area contributed by atoms with Gasteiger partial charge in [-0.2, -0.15) is 0 Å². The van der Waals surface area contributed by atoms with Crippen LogP contribution in [0.3, 0.4) is 0 Å². The predicted molar refractivity (Wildman–Crippen MR) is 276 cm³/mol. The first-order valence-electron chi connectivity index (χ1n) is 27.2. The molecule has 1 aromatic heterocycles. The first kappa shape index (κ1) is 62.1. The van der Waals surface area contributed by atoms with Gasteiger partial charge in [0, 0.05) is 75.7 Å². The van der Waals surface area contributed by atoms with Gasteiger partial charge in [0.2, 0.25) is 0 Å². The number of nitrogens with zero attached hydrogens (tertiary/aromatic N) is 3. The molecule has 6 N–H and O–H groups in total. The minimum absolute atomic E-state index is 0.0125. The molecule has 0 aliphatic carbocycles. The molecule has 0 bridgehead atoms. The van der Waals surface area contributed by atoms with Gasteiger partial charge in [0.15, 0.2) is 18.2 Å². The molecular weight excluding hydrogens is 1010 g/mol. The van der Waals surface area contributed by atoms with Crippen molar-refractivity contribution < 1.29 is 77.1 Å². The second-order valence-corrected chi connectivity index (χ2v) is 23.0. The van der Waals surface area contributed by atoms with Crippen molar-refractivity contribution >= 4 is 23.9 Å². The number of H-pyrrole nitrogens is 1. The molecule has 5 saturated heterocycles. The Kier molecular flexibility index (Phi) is 20.3. The van der Waals surface area contributed by atoms with Crippen molar-refractivity contribution in [1.82, 2.24) is 30.0 Å². The van der Waals surface area contributed by atoms with Gasteiger partial charge < -0.3 is 78.4 Å². The molecule has 5 aliphatic heterocycles. The van der Waals surface area contributed by atoms with E-state index in [1.54, 1.807) is 55.4 Å². The van der Waals surface area contributed by atoms with Gasteiger partial charge in [-0.15, -0.1) is 0 Å². The number of esters is 1. The smallest absolute Gasteiger partial charge is 0.410 e. The molecule has 24 heteroatoms. The van der Waals surface area contributed by atoms with E-state index in [0.29, 0.717) is 6.42 Å². The second-order valence-electron chi connectivity index (χ2n) is 23.0. The van der Waals surface area contributed by atoms with E-state index in [2.05, 4.69) is 15.6 Å². The molecule has 6 heterocycles. The lowest BCUT2D eigenvalue weighted by Crippen LogP contribution is -2.61. The number of cyclic esters (lactones) is 1. The van der Waals surface area contributed by atoms with Gasteiger partial charge in [-0.25, -0.2) is 14.4 Å². The number of methoxy groups -OCH3 is 2. The lowest BCUT2D eigenvalue weighted by molar-refractivity contribution is -0.319. The average molecular weight is 1100 g/mol. The van der Waals surface area contributed by atoms with Crippen molar-refractivity contribution in [3.05, 3.63) is 32.6 Å². The fourth-order valence-electron chi connectivity index (χ4n) is 12.6. The van der Waals surface area contributed by atoms with Gasteiger partial charge in [-0.05, 0) is 88.2 Å². The Bertz CT molecular complexity index is 2340. The summed E-state index contributed by atoms with van der Waals surface area (Å²) in [6.07, 6.45) is -8.55. The van der Waals surface area contributed by atoms with Crippen LogP contribution in [0.5, 0.6) is 0 Å². The summed E-state index contributed by atoms with van der Waals surface area (Å²) >= 11 is 0. The Hall–Kier alpha value is -4.08. The van der Waals surface area contributed by atoms with Crippen LogP contribution in [-0.4, -0.2) is 203 Å². The Morgan fingerprint density at radius 2 is 1.60 bits per heavy atom. The first-order chi connectivity index (χ1) is 36.1. The standard InChI is InChI=1S/C53H88N6O18/c1-16-36-53(11)42(58(50(68)77-53)19-17-18-54-48(66)55-33-21-37(73-35(33)25-60)59-24-27(3)45(64)56-49(59)67)29(5)39(61)26(2)22-52(10,70-15)44(76-47-40(62)34(57(12)13)20-28(4)71-47)30(6)41(31(7)46(65)74-36)75-38-23-51(9,69-14)43(63)32(8)72-38/h24,26,28-38,40-44,47,60,62-63H,16-23,25H2,1-15H3,(H2,54,55,66)(H,56,64,67)/t26-,28-,29+,30+,31-,32+,33+,34+,35-,36-,37-,38+,40-,41+,42+,43+,44-,47+,51-,52-,53-/m1/s1. The van der Waals surface area contributed by atoms with Crippen LogP contribution in [0.2, 0.25) is 0 Å². The zero-order valence-electron chi connectivity index (χ0n) is 47.6. The minimum Gasteiger partial charge on any atom is -0.458 e. The molecule has 3 amide bonds. The summed E-state index contributed by atoms with van der Waals surface area (Å²) in [7, 11) is 6.73. The number of Topliss-reactive ketones (excluding diaryl/α,β-unsaturated/α-hetero) is 1. The molecule has 6 rings (SSSR count). The number of carbonyl (C=O) groups is 4. The number of carbonyl (C=O) groups excluding carboxylic acids is 4. The molecule has 24 nitrogen and oxygen atoms in total. The van der Waals surface area contributed by atoms with Gasteiger partial charge in [-0.1, -0.05) is 27.7 Å². The summed E-state index contributed by atoms with van der Waals surface area (Å²) in [6, 6.07) is -2.64. The van der Waals surface area contributed by atoms with Gasteiger partial charge in [0.1, 0.15) is 36.4 Å². The van der Waals surface area contributed by atoms with E-state index in [0.717, 1.165) is 0 Å². The number of aromatic amines is 1. The van der Waals surface area contributed by atoms with Crippen molar-refractivity contribution in [2.45, 2.75) is 217 Å². The number of ketones is 1. The number of likely N-dealkylation sites (N-methyl/N-ethyl adjacent to an activating group) is 1. The van der Waals surface area contributed by atoms with E-state index in [1.165, 1.54) is 36.8 Å². The third-order valence-corrected chi connectivity index (χ3v) is 17.2. The number of aliphatic hydroxyl groups is 3. The first-order valence-corrected chi connectivity index (χ1v) is 27.2. The Morgan fingerprint density at radius 1 is 0.922 bits per heavy atom. The van der Waals surface area contributed by atoms with E-state index in [4.69, 9.17) is 42.6 Å². The highest BCUT2D eigenvalue weighted by Gasteiger charge is 2.61. The third kappa shape index (κ3) is 13.1. The summed E-state index contributed by atoms with van der Waals surface area (Å²) in [5.41, 5.74) is -4.96. The van der Waals surface area contributed by atoms with Crippen LogP contribution >= 0.6 is 0 Å². The van der Waals surface area contributed by atoms with E-state index >= 15 is 4.79 Å². The lowest BCUT2D eigenvalue weighted by atomic mass is 9.73. The largest absolute Gasteiger partial charge is 0.458 e. The van der Waals surface area contributed by atoms with Gasteiger partial charge in [0.25, 0.3) is 5.56 Å². The van der Waals surface area contributed by atoms with E-state index in [1.807, 2.05) is 32.8 Å². The molecule has 0 radical (unpaired) electrons. The Labute approximate surface area is 451 Å². The number of aryl methyl sites for hydroxylation is 1. The topological polar surface area (TPSA) is 297 Å². The zero-order valence-corrected chi connectivity index (χ0v) is 47.6. The molecule has 0 aromatic carbocycles. The van der Waals surface area contributed by atoms with Crippen LogP contribution in [0.1, 0.15) is 120 Å². The second kappa shape index (κ2) is 25.2. The maximum absolute atomic E-state index is 15.2. The number of ether oxygens (including phenoxy) is 9. The molecule has 438 valence electrons. The molecule has 5 fully saturated rings. The zero-order chi connectivity index (χ0) is 57.2. The fraction of sp³-hybridized carbons (Fsp3) is 0.849. The highest BCUT2D eigenvalue weighted by Crippen LogP contribution is 2.45. The lowest BCUT2D eigenvalue weighted by Gasteiger charge is -2.50. The van der Waals surface area contributed by atoms with E-state index in [9.17, 15) is 39.3 Å². The number of amides is 3. The summed E-state index contributed by atoms with van der Waals surface area (Å²) in [4.78, 5) is 87.8. The molecule has 5 aliphatic rings. The summed E-state index contributed by atoms with van der Waals surface area (Å²) in [5, 5.41) is 38.7. The quantitative estimate of drug-likeness (QED) is 0.108. The number of fused-ring (bicyclic) bond motifs is 1. The van der Waals surface area contributed by atoms with E-state index < -0.39 is 150 Å². The third-order valence-electron chi connectivity index (χ3n) is 17.2. The molecular formula is C53H88N6O18. The number of hydrogen-bond acceptors (Lipinski definition) is 19. The summed E-state index contributed by atoms with van der Waals surface area (Å²) in [5.74, 6) is -4.49. The SMILES string of the molecule is CC[C@H]1OC(=O)[C@H](C)[C@@H](O[C@H]2C[C@@](C)(OC)[C@@H](O)[C@H](C)O2)[C@H](C)[C@@H](O[C@@H]2O[C@H](C)C[C@H](N(C)C)[C@H]2O)[C@](C)(OC)C[C@@H](C)C(=O)[C@H](C)[C@@H]2N(CCCNC(=O)N[C@H]3C[C@H](n4cc(C)c(=O)[nH]c4=O)O[C@@H]3CO)C(=O)O[C@@]21C. The van der Waals surface area contributed by atoms with Crippen molar-refractivity contribution in [3.63, 3.8) is 0 Å². The highest BCUT2D eigenvalue weighted by atomic mass is 16.7. The van der Waals surface area contributed by atoms with E-state index in [-0.39, 0.29) is 68.7 Å². The monoisotopic (exact) mass is 1100 g/mol. The van der Waals surface area contributed by atoms with Crippen LogP contribution in [0.15, 0.2) is 15.8 Å². The molecule has 0 saturated carbocycles. The normalized spacial score (nSPS) is 41.4. The summed E-state index contributed by atoms with van der Waals surface area (Å²) in [6.45, 7) is 18.7. The average Bonchev–Trinajstić information content (AvgIpc) is 3.90. The Balaban J connectivity index is 1.29. The van der Waals surface area contributed by atoms with Crippen LogP contribution in [0.25, 0.3) is 0 Å². The summed E-state index contributed by atoms with van der Waals surface area (Å²) < 4.78 is 58.6. The molecule has 1 aromatic rings. The van der Waals surface area contributed by atoms with Crippen molar-refractivity contribution in [3.8, 4) is 0 Å². The number of urea groups is 1. The van der Waals surface area contributed by atoms with Crippen LogP contribution in [-0.2, 0) is 52.2 Å². The molecule has 0 unspecified atom stereocenters. The maximum atomic E-state index is 15.2. The van der Waals surface area contributed by atoms with Crippen molar-refractivity contribution in [2.24, 2.45) is 23.7 Å². The Morgan fingerprint density at radius 3 is 2.22 bits per heavy atom. The predicted octanol–water partition coefficient (Wildman–Crippen LogP) is 2.10. The highest BCUT2D eigenvalue weighted by molar-refractivity contribution is 5.85. The minimum atomic E-state index is -1.57. The van der Waals surface area contributed by atoms with Crippen LogP contribution in [0.4, 0.5) is 9.59 Å². The van der Waals surface area contributed by atoms with Crippen molar-refractivity contribution in [2.75, 3.05) is 48.0 Å². The van der Waals surface area contributed by atoms with Crippen molar-refractivity contribution in [1.29, 1.82) is 0 Å². The molecule has 0 spiro atoms. The maximum Gasteiger partial charge on any atom is 0.410 e. The fourth-order valence-corrected chi connectivity index (χ4v) is 12.6. The number of hydrogen-bond donors (Lipinski definition) is 6. The van der Waals surface area contributed by atoms with Crippen LogP contribution in [0, 0.1) is 30.6 Å². The van der Waals surface area contributed by atoms with Gasteiger partial charge >= 0.3 is 23.8 Å². The van der Waals surface area contributed by atoms with Crippen LogP contribution < -0.4 is 21.9 Å².